The van der Waals surface area contributed by atoms with Crippen LogP contribution in [0.3, 0.4) is 0 Å². The lowest BCUT2D eigenvalue weighted by Gasteiger charge is -2.40. The molecular weight excluding hydrogens is 309 g/mol. The molecule has 2 aliphatic rings. The SMILES string of the molecule is CC(C)(C)OC(=O)N1C2CCC1[C@H](COc1ccc(F)cc1)CC2. The Kier molecular flexibility index (Phi) is 4.70. The predicted molar refractivity (Wildman–Crippen MR) is 89.5 cm³/mol. The van der Waals surface area contributed by atoms with Gasteiger partial charge in [-0.05, 0) is 70.7 Å². The number of carbonyl (C=O) groups is 1. The number of nitrogens with zero attached hydrogens (tertiary/aromatic N) is 1. The van der Waals surface area contributed by atoms with E-state index >= 15 is 0 Å². The summed E-state index contributed by atoms with van der Waals surface area (Å²) in [5.74, 6) is 0.691. The van der Waals surface area contributed by atoms with Crippen molar-refractivity contribution in [3.05, 3.63) is 30.1 Å². The molecule has 2 aliphatic heterocycles. The zero-order valence-electron chi connectivity index (χ0n) is 14.6. The van der Waals surface area contributed by atoms with Crippen LogP contribution in [0.25, 0.3) is 0 Å². The van der Waals surface area contributed by atoms with Gasteiger partial charge in [0.15, 0.2) is 0 Å². The van der Waals surface area contributed by atoms with E-state index in [1.165, 1.54) is 12.1 Å². The average molecular weight is 335 g/mol. The second kappa shape index (κ2) is 6.61. The van der Waals surface area contributed by atoms with Gasteiger partial charge in [-0.1, -0.05) is 0 Å². The van der Waals surface area contributed by atoms with Crippen molar-refractivity contribution < 1.29 is 18.7 Å². The van der Waals surface area contributed by atoms with Gasteiger partial charge in [-0.2, -0.15) is 0 Å². The van der Waals surface area contributed by atoms with Crippen LogP contribution in [0.5, 0.6) is 5.75 Å². The molecule has 0 spiro atoms. The van der Waals surface area contributed by atoms with Crippen molar-refractivity contribution >= 4 is 6.09 Å². The molecule has 2 saturated heterocycles. The van der Waals surface area contributed by atoms with Crippen LogP contribution in [-0.4, -0.2) is 35.3 Å². The average Bonchev–Trinajstić information content (AvgIpc) is 2.82. The second-order valence-electron chi connectivity index (χ2n) is 7.79. The molecule has 4 nitrogen and oxygen atoms in total. The molecule has 0 N–H and O–H groups in total. The standard InChI is InChI=1S/C19H26FNO3/c1-19(2,3)24-18(22)21-15-7-4-13(17(21)11-8-15)12-23-16-9-5-14(20)6-10-16/h5-6,9-10,13,15,17H,4,7-8,11-12H2,1-3H3/t13-,15?,17?/m0/s1. The number of fused-ring (bicyclic) bond motifs is 2. The summed E-state index contributed by atoms with van der Waals surface area (Å²) in [7, 11) is 0. The maximum Gasteiger partial charge on any atom is 0.410 e. The number of piperidine rings is 1. The van der Waals surface area contributed by atoms with Crippen LogP contribution in [0.2, 0.25) is 0 Å². The highest BCUT2D eigenvalue weighted by Gasteiger charge is 2.46. The minimum absolute atomic E-state index is 0.180. The first kappa shape index (κ1) is 17.1. The minimum Gasteiger partial charge on any atom is -0.493 e. The summed E-state index contributed by atoms with van der Waals surface area (Å²) < 4.78 is 24.4. The van der Waals surface area contributed by atoms with Crippen LogP contribution >= 0.6 is 0 Å². The Balaban J connectivity index is 1.63. The van der Waals surface area contributed by atoms with Crippen LogP contribution < -0.4 is 4.74 Å². The zero-order chi connectivity index (χ0) is 17.3. The number of ether oxygens (including phenoxy) is 2. The van der Waals surface area contributed by atoms with E-state index in [1.54, 1.807) is 12.1 Å². The molecule has 2 heterocycles. The largest absolute Gasteiger partial charge is 0.493 e. The van der Waals surface area contributed by atoms with E-state index in [1.807, 2.05) is 25.7 Å². The fraction of sp³-hybridized carbons (Fsp3) is 0.632. The summed E-state index contributed by atoms with van der Waals surface area (Å²) in [5.41, 5.74) is -0.478. The molecule has 2 unspecified atom stereocenters. The normalized spacial score (nSPS) is 26.3. The van der Waals surface area contributed by atoms with Gasteiger partial charge in [0.2, 0.25) is 0 Å². The van der Waals surface area contributed by atoms with E-state index in [0.717, 1.165) is 25.7 Å². The summed E-state index contributed by atoms with van der Waals surface area (Å²) in [4.78, 5) is 14.5. The highest BCUT2D eigenvalue weighted by Crippen LogP contribution is 2.40. The molecule has 24 heavy (non-hydrogen) atoms. The van der Waals surface area contributed by atoms with Gasteiger partial charge in [0, 0.05) is 18.0 Å². The summed E-state index contributed by atoms with van der Waals surface area (Å²) >= 11 is 0. The fourth-order valence-electron chi connectivity index (χ4n) is 3.78. The molecular formula is C19H26FNO3. The van der Waals surface area contributed by atoms with E-state index < -0.39 is 5.60 Å². The lowest BCUT2D eigenvalue weighted by atomic mass is 9.91. The first-order valence-electron chi connectivity index (χ1n) is 8.73. The Morgan fingerprint density at radius 3 is 2.50 bits per heavy atom. The van der Waals surface area contributed by atoms with Crippen molar-refractivity contribution in [1.82, 2.24) is 4.90 Å². The van der Waals surface area contributed by atoms with Crippen LogP contribution in [0.15, 0.2) is 24.3 Å². The molecule has 0 radical (unpaired) electrons. The van der Waals surface area contributed by atoms with Crippen LogP contribution in [0.4, 0.5) is 9.18 Å². The molecule has 1 aromatic carbocycles. The minimum atomic E-state index is -0.478. The smallest absolute Gasteiger partial charge is 0.410 e. The summed E-state index contributed by atoms with van der Waals surface area (Å²) in [5, 5.41) is 0. The van der Waals surface area contributed by atoms with E-state index in [0.29, 0.717) is 24.3 Å². The quantitative estimate of drug-likeness (QED) is 0.823. The van der Waals surface area contributed by atoms with Crippen molar-refractivity contribution in [2.45, 2.75) is 64.1 Å². The lowest BCUT2D eigenvalue weighted by Crippen LogP contribution is -2.51. The van der Waals surface area contributed by atoms with Gasteiger partial charge in [0.1, 0.15) is 17.2 Å². The number of hydrogen-bond acceptors (Lipinski definition) is 3. The Hall–Kier alpha value is -1.78. The van der Waals surface area contributed by atoms with Crippen molar-refractivity contribution in [2.75, 3.05) is 6.61 Å². The molecule has 132 valence electrons. The molecule has 0 aliphatic carbocycles. The number of amides is 1. The van der Waals surface area contributed by atoms with Gasteiger partial charge >= 0.3 is 6.09 Å². The first-order chi connectivity index (χ1) is 11.3. The number of halogens is 1. The highest BCUT2D eigenvalue weighted by molar-refractivity contribution is 5.69. The molecule has 1 amide bonds. The first-order valence-corrected chi connectivity index (χ1v) is 8.73. The van der Waals surface area contributed by atoms with E-state index in [2.05, 4.69) is 0 Å². The van der Waals surface area contributed by atoms with Gasteiger partial charge in [-0.15, -0.1) is 0 Å². The van der Waals surface area contributed by atoms with Crippen LogP contribution in [0, 0.1) is 11.7 Å². The Morgan fingerprint density at radius 1 is 1.17 bits per heavy atom. The molecule has 2 fully saturated rings. The molecule has 0 aromatic heterocycles. The second-order valence-corrected chi connectivity index (χ2v) is 7.79. The van der Waals surface area contributed by atoms with Crippen LogP contribution in [-0.2, 0) is 4.74 Å². The number of carbonyl (C=O) groups excluding carboxylic acids is 1. The summed E-state index contributed by atoms with van der Waals surface area (Å²) in [6.07, 6.45) is 3.88. The van der Waals surface area contributed by atoms with Gasteiger partial charge in [-0.25, -0.2) is 9.18 Å². The fourth-order valence-corrected chi connectivity index (χ4v) is 3.78. The van der Waals surface area contributed by atoms with Gasteiger partial charge < -0.3 is 14.4 Å². The molecule has 3 rings (SSSR count). The number of benzene rings is 1. The van der Waals surface area contributed by atoms with Crippen molar-refractivity contribution in [2.24, 2.45) is 5.92 Å². The van der Waals surface area contributed by atoms with Gasteiger partial charge in [0.05, 0.1) is 6.61 Å². The third kappa shape index (κ3) is 3.82. The summed E-state index contributed by atoms with van der Waals surface area (Å²) in [6.45, 7) is 6.23. The van der Waals surface area contributed by atoms with Gasteiger partial charge in [0.25, 0.3) is 0 Å². The van der Waals surface area contributed by atoms with Crippen LogP contribution in [0.1, 0.15) is 46.5 Å². The Bertz CT molecular complexity index is 581. The molecule has 3 atom stereocenters. The summed E-state index contributed by atoms with van der Waals surface area (Å²) in [6, 6.07) is 6.55. The van der Waals surface area contributed by atoms with Gasteiger partial charge in [-0.3, -0.25) is 0 Å². The molecule has 1 aromatic rings. The van der Waals surface area contributed by atoms with E-state index in [4.69, 9.17) is 9.47 Å². The highest BCUT2D eigenvalue weighted by atomic mass is 19.1. The monoisotopic (exact) mass is 335 g/mol. The zero-order valence-corrected chi connectivity index (χ0v) is 14.6. The lowest BCUT2D eigenvalue weighted by molar-refractivity contribution is -0.00590. The third-order valence-electron chi connectivity index (χ3n) is 4.84. The molecule has 5 heteroatoms. The number of rotatable bonds is 3. The Labute approximate surface area is 142 Å². The maximum atomic E-state index is 13.0. The maximum absolute atomic E-state index is 13.0. The van der Waals surface area contributed by atoms with Crippen molar-refractivity contribution in [3.63, 3.8) is 0 Å². The third-order valence-corrected chi connectivity index (χ3v) is 4.84. The van der Waals surface area contributed by atoms with E-state index in [9.17, 15) is 9.18 Å². The Morgan fingerprint density at radius 2 is 1.83 bits per heavy atom. The van der Waals surface area contributed by atoms with Crippen molar-refractivity contribution in [3.8, 4) is 5.75 Å². The predicted octanol–water partition coefficient (Wildman–Crippen LogP) is 4.38. The topological polar surface area (TPSA) is 38.8 Å². The van der Waals surface area contributed by atoms with E-state index in [-0.39, 0.29) is 18.0 Å². The van der Waals surface area contributed by atoms with Crippen molar-refractivity contribution in [1.29, 1.82) is 0 Å². The number of hydrogen-bond donors (Lipinski definition) is 0. The molecule has 0 saturated carbocycles. The molecule has 2 bridgehead atoms.